The van der Waals surface area contributed by atoms with E-state index >= 15 is 0 Å². The van der Waals surface area contributed by atoms with E-state index < -0.39 is 14.6 Å². The van der Waals surface area contributed by atoms with Gasteiger partial charge in [0, 0.05) is 19.3 Å². The zero-order valence-electron chi connectivity index (χ0n) is 10.1. The third kappa shape index (κ3) is 2.38. The Balaban J connectivity index is 2.80. The van der Waals surface area contributed by atoms with E-state index in [0.717, 1.165) is 12.7 Å². The number of nitrogens with two attached hydrogens (primary N) is 1. The molecular weight excluding hydrogens is 228 g/mol. The highest BCUT2D eigenvalue weighted by atomic mass is 32.2. The molecule has 16 heavy (non-hydrogen) atoms. The zero-order chi connectivity index (χ0) is 12.6. The Bertz CT molecular complexity index is 376. The molecular formula is C10H20N2O3S. The summed E-state index contributed by atoms with van der Waals surface area (Å²) in [5.74, 6) is -0.00902. The predicted molar refractivity (Wildman–Crippen MR) is 62.7 cm³/mol. The fourth-order valence-electron chi connectivity index (χ4n) is 1.75. The van der Waals surface area contributed by atoms with Crippen LogP contribution in [0, 0.1) is 5.92 Å². The maximum atomic E-state index is 12.1. The van der Waals surface area contributed by atoms with Crippen molar-refractivity contribution >= 4 is 15.7 Å². The summed E-state index contributed by atoms with van der Waals surface area (Å²) in [6.45, 7) is 4.65. The molecule has 1 aliphatic rings. The molecule has 0 aliphatic carbocycles. The summed E-state index contributed by atoms with van der Waals surface area (Å²) in [6, 6.07) is 0. The lowest BCUT2D eigenvalue weighted by molar-refractivity contribution is -0.132. The largest absolute Gasteiger partial charge is 0.341 e. The van der Waals surface area contributed by atoms with Crippen molar-refractivity contribution in [3.8, 4) is 0 Å². The molecule has 1 amide bonds. The molecule has 0 bridgehead atoms. The van der Waals surface area contributed by atoms with E-state index in [-0.39, 0.29) is 5.91 Å². The lowest BCUT2D eigenvalue weighted by Gasteiger charge is -2.27. The summed E-state index contributed by atoms with van der Waals surface area (Å²) in [4.78, 5) is 13.7. The minimum atomic E-state index is -3.39. The molecule has 0 aromatic carbocycles. The van der Waals surface area contributed by atoms with Gasteiger partial charge in [0.05, 0.1) is 0 Å². The topological polar surface area (TPSA) is 80.5 Å². The van der Waals surface area contributed by atoms with Gasteiger partial charge in [0.15, 0.2) is 9.84 Å². The molecule has 2 N–H and O–H groups in total. The van der Waals surface area contributed by atoms with Crippen molar-refractivity contribution in [3.05, 3.63) is 0 Å². The molecule has 1 unspecified atom stereocenters. The lowest BCUT2D eigenvalue weighted by atomic mass is 10.1. The van der Waals surface area contributed by atoms with Crippen LogP contribution in [-0.4, -0.2) is 49.9 Å². The third-order valence-corrected chi connectivity index (χ3v) is 5.38. The zero-order valence-corrected chi connectivity index (χ0v) is 10.9. The number of hydrogen-bond donors (Lipinski definition) is 1. The smallest absolute Gasteiger partial charge is 0.243 e. The van der Waals surface area contributed by atoms with Gasteiger partial charge in [-0.05, 0) is 32.7 Å². The quantitative estimate of drug-likeness (QED) is 0.738. The number of nitrogens with zero attached hydrogens (tertiary/aromatic N) is 1. The van der Waals surface area contributed by atoms with Crippen molar-refractivity contribution in [3.63, 3.8) is 0 Å². The Morgan fingerprint density at radius 2 is 2.06 bits per heavy atom. The molecule has 0 saturated carbocycles. The maximum Gasteiger partial charge on any atom is 0.243 e. The van der Waals surface area contributed by atoms with Gasteiger partial charge in [0.1, 0.15) is 4.75 Å². The molecule has 0 radical (unpaired) electrons. The van der Waals surface area contributed by atoms with Gasteiger partial charge in [-0.1, -0.05) is 0 Å². The average molecular weight is 248 g/mol. The van der Waals surface area contributed by atoms with Crippen LogP contribution >= 0.6 is 0 Å². The van der Waals surface area contributed by atoms with Gasteiger partial charge in [0.25, 0.3) is 0 Å². The number of carbonyl (C=O) groups excluding carboxylic acids is 1. The van der Waals surface area contributed by atoms with Crippen molar-refractivity contribution in [2.24, 2.45) is 11.7 Å². The minimum absolute atomic E-state index is 0.305. The van der Waals surface area contributed by atoms with E-state index in [9.17, 15) is 13.2 Å². The fourth-order valence-corrected chi connectivity index (χ4v) is 2.20. The summed E-state index contributed by atoms with van der Waals surface area (Å²) in [7, 11) is -3.39. The van der Waals surface area contributed by atoms with E-state index in [0.29, 0.717) is 25.6 Å². The first-order valence-electron chi connectivity index (χ1n) is 5.39. The Morgan fingerprint density at radius 1 is 1.50 bits per heavy atom. The monoisotopic (exact) mass is 248 g/mol. The van der Waals surface area contributed by atoms with Crippen LogP contribution in [0.5, 0.6) is 0 Å². The molecule has 0 spiro atoms. The Labute approximate surface area is 96.9 Å². The Morgan fingerprint density at radius 3 is 2.44 bits per heavy atom. The second-order valence-electron chi connectivity index (χ2n) is 4.92. The van der Waals surface area contributed by atoms with Crippen LogP contribution in [0.25, 0.3) is 0 Å². The van der Waals surface area contributed by atoms with Crippen molar-refractivity contribution in [1.29, 1.82) is 0 Å². The maximum absolute atomic E-state index is 12.1. The normalized spacial score (nSPS) is 22.5. The van der Waals surface area contributed by atoms with E-state index in [1.807, 2.05) is 0 Å². The predicted octanol–water partition coefficient (Wildman–Crippen LogP) is -0.383. The average Bonchev–Trinajstić information content (AvgIpc) is 2.62. The number of likely N-dealkylation sites (tertiary alicyclic amines) is 1. The second kappa shape index (κ2) is 4.33. The molecule has 1 rings (SSSR count). The molecule has 0 aromatic rings. The first-order chi connectivity index (χ1) is 7.20. The van der Waals surface area contributed by atoms with Crippen molar-refractivity contribution in [2.75, 3.05) is 25.9 Å². The molecule has 1 fully saturated rings. The van der Waals surface area contributed by atoms with Crippen LogP contribution in [0.4, 0.5) is 0 Å². The van der Waals surface area contributed by atoms with Gasteiger partial charge in [-0.25, -0.2) is 8.42 Å². The van der Waals surface area contributed by atoms with Crippen LogP contribution in [0.2, 0.25) is 0 Å². The number of hydrogen-bond acceptors (Lipinski definition) is 4. The van der Waals surface area contributed by atoms with Crippen molar-refractivity contribution < 1.29 is 13.2 Å². The minimum Gasteiger partial charge on any atom is -0.341 e. The first kappa shape index (κ1) is 13.4. The van der Waals surface area contributed by atoms with Crippen molar-refractivity contribution in [1.82, 2.24) is 4.90 Å². The van der Waals surface area contributed by atoms with Gasteiger partial charge >= 0.3 is 0 Å². The molecule has 1 atom stereocenters. The highest BCUT2D eigenvalue weighted by molar-refractivity contribution is 7.92. The highest BCUT2D eigenvalue weighted by Crippen LogP contribution is 2.23. The first-order valence-corrected chi connectivity index (χ1v) is 7.28. The number of carbonyl (C=O) groups is 1. The SMILES string of the molecule is CC(C)(C(=O)N1CCC(CN)C1)S(C)(=O)=O. The van der Waals surface area contributed by atoms with Gasteiger partial charge in [-0.3, -0.25) is 4.79 Å². The molecule has 1 saturated heterocycles. The summed E-state index contributed by atoms with van der Waals surface area (Å²) in [5.41, 5.74) is 5.53. The van der Waals surface area contributed by atoms with Gasteiger partial charge in [-0.15, -0.1) is 0 Å². The van der Waals surface area contributed by atoms with Crippen LogP contribution in [0.15, 0.2) is 0 Å². The van der Waals surface area contributed by atoms with Crippen LogP contribution < -0.4 is 5.73 Å². The molecule has 1 aliphatic heterocycles. The molecule has 1 heterocycles. The Kier molecular flexibility index (Phi) is 3.64. The lowest BCUT2D eigenvalue weighted by Crippen LogP contribution is -2.49. The highest BCUT2D eigenvalue weighted by Gasteiger charge is 2.42. The second-order valence-corrected chi connectivity index (χ2v) is 7.49. The van der Waals surface area contributed by atoms with E-state index in [1.165, 1.54) is 13.8 Å². The molecule has 5 nitrogen and oxygen atoms in total. The number of rotatable bonds is 3. The standard InChI is InChI=1S/C10H20N2O3S/c1-10(2,16(3,14)15)9(13)12-5-4-8(6-11)7-12/h8H,4-7,11H2,1-3H3. The third-order valence-electron chi connectivity index (χ3n) is 3.35. The van der Waals surface area contributed by atoms with Gasteiger partial charge < -0.3 is 10.6 Å². The number of amides is 1. The molecule has 0 aromatic heterocycles. The van der Waals surface area contributed by atoms with E-state index in [2.05, 4.69) is 0 Å². The summed E-state index contributed by atoms with van der Waals surface area (Å²) in [5, 5.41) is 0. The van der Waals surface area contributed by atoms with Crippen LogP contribution in [-0.2, 0) is 14.6 Å². The van der Waals surface area contributed by atoms with E-state index in [1.54, 1.807) is 4.90 Å². The van der Waals surface area contributed by atoms with Crippen LogP contribution in [0.1, 0.15) is 20.3 Å². The summed E-state index contributed by atoms with van der Waals surface area (Å²) >= 11 is 0. The summed E-state index contributed by atoms with van der Waals surface area (Å²) in [6.07, 6.45) is 1.96. The van der Waals surface area contributed by atoms with Crippen LogP contribution in [0.3, 0.4) is 0 Å². The molecule has 94 valence electrons. The van der Waals surface area contributed by atoms with Crippen molar-refractivity contribution in [2.45, 2.75) is 25.0 Å². The van der Waals surface area contributed by atoms with E-state index in [4.69, 9.17) is 5.73 Å². The van der Waals surface area contributed by atoms with Gasteiger partial charge in [-0.2, -0.15) is 0 Å². The molecule has 6 heteroatoms. The number of sulfone groups is 1. The fraction of sp³-hybridized carbons (Fsp3) is 0.900. The van der Waals surface area contributed by atoms with Gasteiger partial charge in [0.2, 0.25) is 5.91 Å². The Hall–Kier alpha value is -0.620. The summed E-state index contributed by atoms with van der Waals surface area (Å²) < 4.78 is 21.7.